The highest BCUT2D eigenvalue weighted by Crippen LogP contribution is 2.21. The van der Waals surface area contributed by atoms with Crippen molar-refractivity contribution in [2.75, 3.05) is 12.8 Å². The maximum atomic E-state index is 10.8. The number of carbonyl (C=O) groups excluding carboxylic acids is 1. The van der Waals surface area contributed by atoms with Crippen LogP contribution in [0.1, 0.15) is 18.2 Å². The van der Waals surface area contributed by atoms with Crippen LogP contribution in [-0.4, -0.2) is 23.3 Å². The molecule has 0 aliphatic heterocycles. The predicted octanol–water partition coefficient (Wildman–Crippen LogP) is 1.11. The van der Waals surface area contributed by atoms with Gasteiger partial charge < -0.3 is 10.5 Å². The van der Waals surface area contributed by atoms with Gasteiger partial charge in [0, 0.05) is 0 Å². The topological polar surface area (TPSA) is 89.6 Å². The number of nitrogens with two attached hydrogens (primary N) is 1. The summed E-state index contributed by atoms with van der Waals surface area (Å²) in [4.78, 5) is 10.8. The van der Waals surface area contributed by atoms with E-state index < -0.39 is 6.09 Å². The van der Waals surface area contributed by atoms with Gasteiger partial charge in [0.15, 0.2) is 0 Å². The molecule has 0 spiro atoms. The number of amides is 1. The summed E-state index contributed by atoms with van der Waals surface area (Å²) in [7, 11) is 1.27. The van der Waals surface area contributed by atoms with Crippen LogP contribution in [0.5, 0.6) is 0 Å². The molecule has 1 rings (SSSR count). The Kier molecular flexibility index (Phi) is 3.62. The Morgan fingerprint density at radius 1 is 1.67 bits per heavy atom. The maximum absolute atomic E-state index is 10.8. The summed E-state index contributed by atoms with van der Waals surface area (Å²) >= 11 is 1.20. The van der Waals surface area contributed by atoms with Crippen molar-refractivity contribution in [3.8, 4) is 0 Å². The molecular formula is C8H12N4O2S. The van der Waals surface area contributed by atoms with E-state index in [1.807, 2.05) is 6.92 Å². The van der Waals surface area contributed by atoms with Crippen LogP contribution >= 0.6 is 11.5 Å². The van der Waals surface area contributed by atoms with E-state index >= 15 is 0 Å². The molecule has 0 bridgehead atoms. The third-order valence-electron chi connectivity index (χ3n) is 1.75. The molecule has 0 atom stereocenters. The van der Waals surface area contributed by atoms with Crippen molar-refractivity contribution in [3.63, 3.8) is 0 Å². The lowest BCUT2D eigenvalue weighted by atomic mass is 10.2. The molecule has 7 heteroatoms. The third-order valence-corrected chi connectivity index (χ3v) is 2.52. The highest BCUT2D eigenvalue weighted by atomic mass is 32.1. The van der Waals surface area contributed by atoms with E-state index in [1.165, 1.54) is 18.6 Å². The van der Waals surface area contributed by atoms with Crippen LogP contribution in [0.4, 0.5) is 9.80 Å². The van der Waals surface area contributed by atoms with Crippen molar-refractivity contribution >= 4 is 28.3 Å². The molecular weight excluding hydrogens is 216 g/mol. The lowest BCUT2D eigenvalue weighted by molar-refractivity contribution is 0.171. The average molecular weight is 228 g/mol. The first-order valence-corrected chi connectivity index (χ1v) is 4.94. The summed E-state index contributed by atoms with van der Waals surface area (Å²) in [6, 6.07) is 0. The van der Waals surface area contributed by atoms with E-state index in [0.717, 1.165) is 11.3 Å². The lowest BCUT2D eigenvalue weighted by Gasteiger charge is -2.01. The molecule has 0 aromatic carbocycles. The Bertz CT molecular complexity index is 380. The van der Waals surface area contributed by atoms with Crippen molar-refractivity contribution in [3.05, 3.63) is 11.3 Å². The Morgan fingerprint density at radius 2 is 2.33 bits per heavy atom. The van der Waals surface area contributed by atoms with Gasteiger partial charge in [-0.25, -0.2) is 10.2 Å². The van der Waals surface area contributed by atoms with E-state index in [9.17, 15) is 4.79 Å². The van der Waals surface area contributed by atoms with E-state index in [4.69, 9.17) is 5.73 Å². The number of nitrogens with zero attached hydrogens (tertiary/aromatic N) is 2. The zero-order valence-corrected chi connectivity index (χ0v) is 9.51. The molecule has 6 nitrogen and oxygen atoms in total. The second-order valence-corrected chi connectivity index (χ2v) is 3.61. The van der Waals surface area contributed by atoms with Gasteiger partial charge in [0.25, 0.3) is 0 Å². The second kappa shape index (κ2) is 4.74. The molecule has 0 saturated heterocycles. The number of aromatic nitrogens is 1. The van der Waals surface area contributed by atoms with Gasteiger partial charge in [0.2, 0.25) is 0 Å². The van der Waals surface area contributed by atoms with Crippen LogP contribution in [0.3, 0.4) is 0 Å². The van der Waals surface area contributed by atoms with Crippen LogP contribution in [0, 0.1) is 6.92 Å². The Labute approximate surface area is 91.3 Å². The minimum atomic E-state index is -0.617. The molecule has 1 heterocycles. The molecule has 0 radical (unpaired) electrons. The van der Waals surface area contributed by atoms with Gasteiger partial charge in [0.1, 0.15) is 5.00 Å². The molecule has 1 amide bonds. The molecule has 0 saturated carbocycles. The maximum Gasteiger partial charge on any atom is 0.427 e. The highest BCUT2D eigenvalue weighted by molar-refractivity contribution is 7.10. The standard InChI is InChI=1S/C8H12N4O2S/c1-4(10-11-8(13)14-3)6-5(2)12-15-7(6)9/h9H2,1-3H3,(H,11,13)/b10-4-. The number of ether oxygens (including phenoxy) is 1. The Balaban J connectivity index is 2.84. The minimum Gasteiger partial charge on any atom is -0.452 e. The van der Waals surface area contributed by atoms with Gasteiger partial charge in [-0.15, -0.1) is 0 Å². The minimum absolute atomic E-state index is 0.584. The number of aryl methyl sites for hydroxylation is 1. The number of hydrogen-bond acceptors (Lipinski definition) is 6. The van der Waals surface area contributed by atoms with E-state index in [2.05, 4.69) is 19.6 Å². The largest absolute Gasteiger partial charge is 0.452 e. The fourth-order valence-corrected chi connectivity index (χ4v) is 1.77. The second-order valence-electron chi connectivity index (χ2n) is 2.81. The molecule has 3 N–H and O–H groups in total. The van der Waals surface area contributed by atoms with Crippen molar-refractivity contribution in [2.24, 2.45) is 5.10 Å². The number of nitrogen functional groups attached to an aromatic ring is 1. The first kappa shape index (κ1) is 11.4. The summed E-state index contributed by atoms with van der Waals surface area (Å²) in [5.74, 6) is 0. The van der Waals surface area contributed by atoms with Crippen LogP contribution in [0.2, 0.25) is 0 Å². The van der Waals surface area contributed by atoms with Crippen LogP contribution in [0.15, 0.2) is 5.10 Å². The van der Waals surface area contributed by atoms with Gasteiger partial charge in [-0.3, -0.25) is 0 Å². The SMILES string of the molecule is COC(=O)N/N=C(/C)c1c(C)nsc1N. The van der Waals surface area contributed by atoms with Crippen LogP contribution in [0.25, 0.3) is 0 Å². The normalized spacial score (nSPS) is 11.3. The number of carbonyl (C=O) groups is 1. The van der Waals surface area contributed by atoms with E-state index in [0.29, 0.717) is 10.7 Å². The zero-order valence-electron chi connectivity index (χ0n) is 8.70. The van der Waals surface area contributed by atoms with Crippen LogP contribution < -0.4 is 11.2 Å². The fraction of sp³-hybridized carbons (Fsp3) is 0.375. The van der Waals surface area contributed by atoms with Crippen molar-refractivity contribution in [1.29, 1.82) is 0 Å². The highest BCUT2D eigenvalue weighted by Gasteiger charge is 2.11. The fourth-order valence-electron chi connectivity index (χ4n) is 1.06. The number of anilines is 1. The van der Waals surface area contributed by atoms with Gasteiger partial charge in [-0.1, -0.05) is 0 Å². The summed E-state index contributed by atoms with van der Waals surface area (Å²) in [6.45, 7) is 3.57. The molecule has 15 heavy (non-hydrogen) atoms. The zero-order chi connectivity index (χ0) is 11.4. The summed E-state index contributed by atoms with van der Waals surface area (Å²) in [5, 5.41) is 4.42. The lowest BCUT2D eigenvalue weighted by Crippen LogP contribution is -2.19. The van der Waals surface area contributed by atoms with Crippen molar-refractivity contribution < 1.29 is 9.53 Å². The molecule has 0 unspecified atom stereocenters. The molecule has 0 fully saturated rings. The summed E-state index contributed by atoms with van der Waals surface area (Å²) < 4.78 is 8.45. The molecule has 0 aliphatic rings. The number of methoxy groups -OCH3 is 1. The number of nitrogens with one attached hydrogen (secondary N) is 1. The van der Waals surface area contributed by atoms with E-state index in [-0.39, 0.29) is 0 Å². The Morgan fingerprint density at radius 3 is 2.80 bits per heavy atom. The van der Waals surface area contributed by atoms with Crippen molar-refractivity contribution in [2.45, 2.75) is 13.8 Å². The first-order chi connectivity index (χ1) is 7.06. The van der Waals surface area contributed by atoms with Crippen LogP contribution in [-0.2, 0) is 4.74 Å². The Hall–Kier alpha value is -1.63. The van der Waals surface area contributed by atoms with E-state index in [1.54, 1.807) is 6.92 Å². The summed E-state index contributed by atoms with van der Waals surface area (Å²) in [5.41, 5.74) is 10.1. The monoisotopic (exact) mass is 228 g/mol. The third kappa shape index (κ3) is 2.66. The smallest absolute Gasteiger partial charge is 0.427 e. The predicted molar refractivity (Wildman–Crippen MR) is 59.0 cm³/mol. The quantitative estimate of drug-likeness (QED) is 0.586. The first-order valence-electron chi connectivity index (χ1n) is 4.16. The van der Waals surface area contributed by atoms with Gasteiger partial charge >= 0.3 is 6.09 Å². The molecule has 1 aromatic rings. The van der Waals surface area contributed by atoms with Gasteiger partial charge in [-0.05, 0) is 25.4 Å². The molecule has 1 aromatic heterocycles. The average Bonchev–Trinajstić information content (AvgIpc) is 2.54. The number of rotatable bonds is 2. The summed E-state index contributed by atoms with van der Waals surface area (Å²) in [6.07, 6.45) is -0.617. The molecule has 0 aliphatic carbocycles. The number of hydrogen-bond donors (Lipinski definition) is 2. The van der Waals surface area contributed by atoms with Gasteiger partial charge in [0.05, 0.1) is 24.1 Å². The van der Waals surface area contributed by atoms with Crippen molar-refractivity contribution in [1.82, 2.24) is 9.80 Å². The molecule has 82 valence electrons. The number of hydrazone groups is 1. The van der Waals surface area contributed by atoms with Gasteiger partial charge in [-0.2, -0.15) is 9.47 Å².